The Hall–Kier alpha value is -0.980. The monoisotopic (exact) mass is 168 g/mol. The molecule has 0 radical (unpaired) electrons. The molecule has 0 spiro atoms. The summed E-state index contributed by atoms with van der Waals surface area (Å²) < 4.78 is 5.01. The van der Waals surface area contributed by atoms with Crippen molar-refractivity contribution in [2.24, 2.45) is 0 Å². The van der Waals surface area contributed by atoms with E-state index in [0.717, 1.165) is 12.2 Å². The molecule has 0 fully saturated rings. The molecule has 0 N–H and O–H groups in total. The van der Waals surface area contributed by atoms with Gasteiger partial charge in [0.25, 0.3) is 0 Å². The highest BCUT2D eigenvalue weighted by Crippen LogP contribution is 2.10. The van der Waals surface area contributed by atoms with Crippen LogP contribution in [0.3, 0.4) is 0 Å². The first kappa shape index (κ1) is 13.6. The Kier molecular flexibility index (Phi) is 7.61. The molecule has 0 amide bonds. The van der Waals surface area contributed by atoms with Gasteiger partial charge in [0, 0.05) is 0 Å². The van der Waals surface area contributed by atoms with Gasteiger partial charge in [-0.1, -0.05) is 33.9 Å². The maximum absolute atomic E-state index is 5.01. The lowest BCUT2D eigenvalue weighted by Gasteiger charge is -1.99. The van der Waals surface area contributed by atoms with Gasteiger partial charge in [0.1, 0.15) is 5.75 Å². The largest absolute Gasteiger partial charge is 0.497 e. The number of benzene rings is 1. The fraction of sp³-hybridized carbons (Fsp3) is 0.455. The van der Waals surface area contributed by atoms with Crippen molar-refractivity contribution >= 4 is 0 Å². The van der Waals surface area contributed by atoms with Crippen molar-refractivity contribution in [2.75, 3.05) is 7.11 Å². The van der Waals surface area contributed by atoms with Crippen LogP contribution in [0.5, 0.6) is 5.75 Å². The molecule has 0 saturated carbocycles. The number of methoxy groups -OCH3 is 1. The zero-order chi connectivity index (χ0) is 7.40. The van der Waals surface area contributed by atoms with Crippen LogP contribution >= 0.6 is 0 Å². The van der Waals surface area contributed by atoms with Crippen molar-refractivity contribution in [3.8, 4) is 5.75 Å². The van der Waals surface area contributed by atoms with Crippen molar-refractivity contribution < 1.29 is 4.74 Å². The highest BCUT2D eigenvalue weighted by atomic mass is 16.5. The zero-order valence-corrected chi connectivity index (χ0v) is 6.42. The van der Waals surface area contributed by atoms with Gasteiger partial charge in [-0.25, -0.2) is 0 Å². The van der Waals surface area contributed by atoms with E-state index in [1.807, 2.05) is 12.1 Å². The third-order valence-corrected chi connectivity index (χ3v) is 1.57. The number of ether oxygens (including phenoxy) is 1. The van der Waals surface area contributed by atoms with Crippen LogP contribution in [0.2, 0.25) is 0 Å². The predicted octanol–water partition coefficient (Wildman–Crippen LogP) is 3.53. The molecule has 1 nitrogen and oxygen atoms in total. The number of aryl methyl sites for hydroxylation is 1. The van der Waals surface area contributed by atoms with Gasteiger partial charge in [-0.2, -0.15) is 0 Å². The van der Waals surface area contributed by atoms with Crippen molar-refractivity contribution in [3.63, 3.8) is 0 Å². The van der Waals surface area contributed by atoms with Crippen LogP contribution < -0.4 is 4.74 Å². The minimum Gasteiger partial charge on any atom is -0.497 e. The molecule has 0 aliphatic carbocycles. The number of rotatable bonds is 2. The fourth-order valence-electron chi connectivity index (χ4n) is 0.861. The first-order chi connectivity index (χ1) is 4.86. The fourth-order valence-corrected chi connectivity index (χ4v) is 0.861. The lowest BCUT2D eigenvalue weighted by Crippen LogP contribution is -1.83. The van der Waals surface area contributed by atoms with Gasteiger partial charge in [-0.3, -0.25) is 0 Å². The average Bonchev–Trinajstić information content (AvgIpc) is 2.05. The molecule has 1 heteroatoms. The third kappa shape index (κ3) is 3.42. The SMILES string of the molecule is C.C.CCc1ccc(OC)cc1. The Bertz CT molecular complexity index is 166. The van der Waals surface area contributed by atoms with Crippen LogP contribution in [-0.2, 0) is 6.42 Å². The van der Waals surface area contributed by atoms with E-state index in [9.17, 15) is 0 Å². The van der Waals surface area contributed by atoms with E-state index >= 15 is 0 Å². The number of hydrogen-bond donors (Lipinski definition) is 0. The molecule has 0 aromatic heterocycles. The van der Waals surface area contributed by atoms with E-state index in [1.54, 1.807) is 7.11 Å². The Morgan fingerprint density at radius 2 is 1.58 bits per heavy atom. The standard InChI is InChI=1S/C9H12O.2CH4/c1-3-8-4-6-9(10-2)7-5-8;;/h4-7H,3H2,1-2H3;2*1H4. The summed E-state index contributed by atoms with van der Waals surface area (Å²) in [5, 5.41) is 0. The maximum Gasteiger partial charge on any atom is 0.118 e. The molecule has 0 unspecified atom stereocenters. The van der Waals surface area contributed by atoms with Crippen LogP contribution in [0.25, 0.3) is 0 Å². The van der Waals surface area contributed by atoms with Crippen LogP contribution in [0.1, 0.15) is 27.3 Å². The van der Waals surface area contributed by atoms with Gasteiger partial charge in [0.15, 0.2) is 0 Å². The van der Waals surface area contributed by atoms with E-state index < -0.39 is 0 Å². The van der Waals surface area contributed by atoms with Gasteiger partial charge < -0.3 is 4.74 Å². The Labute approximate surface area is 76.4 Å². The van der Waals surface area contributed by atoms with Gasteiger partial charge in [-0.15, -0.1) is 0 Å². The second-order valence-electron chi connectivity index (χ2n) is 2.20. The van der Waals surface area contributed by atoms with Gasteiger partial charge in [0.05, 0.1) is 7.11 Å². The summed E-state index contributed by atoms with van der Waals surface area (Å²) in [5.41, 5.74) is 1.35. The second-order valence-corrected chi connectivity index (χ2v) is 2.20. The first-order valence-corrected chi connectivity index (χ1v) is 3.49. The summed E-state index contributed by atoms with van der Waals surface area (Å²) in [6, 6.07) is 8.13. The zero-order valence-electron chi connectivity index (χ0n) is 6.42. The predicted molar refractivity (Wildman–Crippen MR) is 55.8 cm³/mol. The van der Waals surface area contributed by atoms with Crippen LogP contribution in [0.15, 0.2) is 24.3 Å². The molecule has 70 valence electrons. The summed E-state index contributed by atoms with van der Waals surface area (Å²) in [6.45, 7) is 2.14. The summed E-state index contributed by atoms with van der Waals surface area (Å²) in [6.07, 6.45) is 1.09. The van der Waals surface area contributed by atoms with Gasteiger partial charge in [0.2, 0.25) is 0 Å². The lowest BCUT2D eigenvalue weighted by molar-refractivity contribution is 0.414. The summed E-state index contributed by atoms with van der Waals surface area (Å²) >= 11 is 0. The molecule has 0 saturated heterocycles. The van der Waals surface area contributed by atoms with Crippen molar-refractivity contribution in [1.82, 2.24) is 0 Å². The van der Waals surface area contributed by atoms with Gasteiger partial charge >= 0.3 is 0 Å². The van der Waals surface area contributed by atoms with Gasteiger partial charge in [-0.05, 0) is 24.1 Å². The van der Waals surface area contributed by atoms with Crippen LogP contribution in [0.4, 0.5) is 0 Å². The van der Waals surface area contributed by atoms with Crippen molar-refractivity contribution in [3.05, 3.63) is 29.8 Å². The quantitative estimate of drug-likeness (QED) is 0.656. The second kappa shape index (κ2) is 6.71. The lowest BCUT2D eigenvalue weighted by atomic mass is 10.2. The van der Waals surface area contributed by atoms with E-state index in [-0.39, 0.29) is 14.9 Å². The highest BCUT2D eigenvalue weighted by molar-refractivity contribution is 5.26. The van der Waals surface area contributed by atoms with Crippen LogP contribution in [-0.4, -0.2) is 7.11 Å². The Balaban J connectivity index is 0. The highest BCUT2D eigenvalue weighted by Gasteiger charge is 1.89. The first-order valence-electron chi connectivity index (χ1n) is 3.49. The normalized spacial score (nSPS) is 7.83. The van der Waals surface area contributed by atoms with Crippen LogP contribution in [0, 0.1) is 0 Å². The Morgan fingerprint density at radius 3 is 1.92 bits per heavy atom. The van der Waals surface area contributed by atoms with E-state index in [4.69, 9.17) is 4.74 Å². The summed E-state index contributed by atoms with van der Waals surface area (Å²) in [7, 11) is 1.68. The molecule has 0 aliphatic heterocycles. The van der Waals surface area contributed by atoms with E-state index in [1.165, 1.54) is 5.56 Å². The smallest absolute Gasteiger partial charge is 0.118 e. The minimum absolute atomic E-state index is 0. The van der Waals surface area contributed by atoms with Crippen molar-refractivity contribution in [2.45, 2.75) is 28.2 Å². The van der Waals surface area contributed by atoms with Crippen molar-refractivity contribution in [1.29, 1.82) is 0 Å². The Morgan fingerprint density at radius 1 is 1.08 bits per heavy atom. The van der Waals surface area contributed by atoms with E-state index in [0.29, 0.717) is 0 Å². The molecular weight excluding hydrogens is 148 g/mol. The topological polar surface area (TPSA) is 9.23 Å². The molecular formula is C11H20O. The number of hydrogen-bond acceptors (Lipinski definition) is 1. The molecule has 0 atom stereocenters. The molecule has 1 aromatic carbocycles. The third-order valence-electron chi connectivity index (χ3n) is 1.57. The molecule has 12 heavy (non-hydrogen) atoms. The molecule has 1 aromatic rings. The summed E-state index contributed by atoms with van der Waals surface area (Å²) in [5.74, 6) is 0.928. The minimum atomic E-state index is 0. The molecule has 1 rings (SSSR count). The summed E-state index contributed by atoms with van der Waals surface area (Å²) in [4.78, 5) is 0. The maximum atomic E-state index is 5.01. The molecule has 0 bridgehead atoms. The molecule has 0 heterocycles. The average molecular weight is 168 g/mol. The van der Waals surface area contributed by atoms with E-state index in [2.05, 4.69) is 19.1 Å². The molecule has 0 aliphatic rings.